The largest absolute Gasteiger partial charge is 0.449 e. The molecule has 2 aromatic heterocycles. The summed E-state index contributed by atoms with van der Waals surface area (Å²) in [6.07, 6.45) is 1.76. The van der Waals surface area contributed by atoms with Gasteiger partial charge in [-0.15, -0.1) is 0 Å². The molecule has 1 aromatic carbocycles. The Morgan fingerprint density at radius 3 is 2.26 bits per heavy atom. The third-order valence-corrected chi connectivity index (χ3v) is 6.18. The summed E-state index contributed by atoms with van der Waals surface area (Å²) < 4.78 is 6.19. The average Bonchev–Trinajstić information content (AvgIpc) is 3.14. The molecular weight excluding hydrogens is 408 g/mol. The van der Waals surface area contributed by atoms with E-state index in [1.807, 2.05) is 29.2 Å². The first-order valence-corrected chi connectivity index (χ1v) is 11.4. The van der Waals surface area contributed by atoms with Gasteiger partial charge < -0.3 is 9.32 Å². The Labute approximate surface area is 190 Å². The van der Waals surface area contributed by atoms with E-state index in [-0.39, 0.29) is 16.9 Å². The predicted molar refractivity (Wildman–Crippen MR) is 129 cm³/mol. The zero-order valence-corrected chi connectivity index (χ0v) is 20.4. The van der Waals surface area contributed by atoms with Crippen LogP contribution in [0.5, 0.6) is 0 Å². The number of benzene rings is 1. The Kier molecular flexibility index (Phi) is 6.52. The lowest BCUT2D eigenvalue weighted by atomic mass is 9.86. The van der Waals surface area contributed by atoms with E-state index in [2.05, 4.69) is 54.5 Å². The summed E-state index contributed by atoms with van der Waals surface area (Å²) in [5, 5.41) is 0.687. The van der Waals surface area contributed by atoms with E-state index in [9.17, 15) is 4.79 Å². The molecule has 0 saturated carbocycles. The summed E-state index contributed by atoms with van der Waals surface area (Å²) in [5.74, 6) is 0.260. The molecule has 0 atom stereocenters. The summed E-state index contributed by atoms with van der Waals surface area (Å²) in [5.41, 5.74) is 3.80. The maximum Gasteiger partial charge on any atom is 0.290 e. The number of hydrogen-bond acceptors (Lipinski definition) is 3. The van der Waals surface area contributed by atoms with Crippen molar-refractivity contribution in [2.75, 3.05) is 6.54 Å². The van der Waals surface area contributed by atoms with Gasteiger partial charge in [0.25, 0.3) is 5.91 Å². The van der Waals surface area contributed by atoms with Gasteiger partial charge in [-0.05, 0) is 50.3 Å². The molecule has 3 rings (SSSR count). The fraction of sp³-hybridized carbons (Fsp3) is 0.462. The smallest absolute Gasteiger partial charge is 0.290 e. The lowest BCUT2D eigenvalue weighted by molar-refractivity contribution is 0.0509. The van der Waals surface area contributed by atoms with Crippen LogP contribution in [0.4, 0.5) is 0 Å². The van der Waals surface area contributed by atoms with Crippen LogP contribution in [-0.4, -0.2) is 27.9 Å². The van der Waals surface area contributed by atoms with Crippen molar-refractivity contribution in [1.29, 1.82) is 0 Å². The van der Waals surface area contributed by atoms with E-state index in [1.54, 1.807) is 6.07 Å². The van der Waals surface area contributed by atoms with Crippen molar-refractivity contribution in [3.8, 4) is 11.3 Å². The van der Waals surface area contributed by atoms with E-state index >= 15 is 0 Å². The Hall–Kier alpha value is -2.33. The summed E-state index contributed by atoms with van der Waals surface area (Å²) >= 11 is 6.06. The normalized spacial score (nSPS) is 12.4. The van der Waals surface area contributed by atoms with Gasteiger partial charge in [-0.25, -0.2) is 4.98 Å². The minimum absolute atomic E-state index is 0.0837. The molecule has 1 amide bonds. The second kappa shape index (κ2) is 8.66. The van der Waals surface area contributed by atoms with E-state index < -0.39 is 0 Å². The van der Waals surface area contributed by atoms with Gasteiger partial charge in [-0.2, -0.15) is 0 Å². The van der Waals surface area contributed by atoms with E-state index in [0.717, 1.165) is 29.7 Å². The molecular formula is C26H33ClN2O2. The van der Waals surface area contributed by atoms with Crippen LogP contribution >= 0.6 is 11.6 Å². The molecule has 0 aliphatic carbocycles. The lowest BCUT2D eigenvalue weighted by Gasteiger charge is -2.37. The van der Waals surface area contributed by atoms with Crippen molar-refractivity contribution in [3.63, 3.8) is 0 Å². The molecule has 0 fully saturated rings. The van der Waals surface area contributed by atoms with Crippen LogP contribution in [0.2, 0.25) is 5.02 Å². The van der Waals surface area contributed by atoms with Crippen LogP contribution in [0.25, 0.3) is 22.4 Å². The first-order valence-electron chi connectivity index (χ1n) is 11.0. The number of carbonyl (C=O) groups excluding carboxylic acids is 1. The standard InChI is InChI=1S/C26H33ClN2O2/c1-8-14-29(26(6,7)9-2)24(30)22-16-21-23(31-22)19(25(3,4)5)15-20(28-21)17-10-12-18(27)13-11-17/h10-13,15-16H,8-9,14H2,1-7H3. The molecule has 0 aliphatic heterocycles. The molecule has 4 nitrogen and oxygen atoms in total. The highest BCUT2D eigenvalue weighted by molar-refractivity contribution is 6.30. The maximum absolute atomic E-state index is 13.5. The molecule has 0 bridgehead atoms. The van der Waals surface area contributed by atoms with Crippen LogP contribution in [0, 0.1) is 0 Å². The summed E-state index contributed by atoms with van der Waals surface area (Å²) in [4.78, 5) is 20.2. The fourth-order valence-electron chi connectivity index (χ4n) is 3.68. The molecule has 0 unspecified atom stereocenters. The molecule has 0 spiro atoms. The third kappa shape index (κ3) is 4.79. The summed E-state index contributed by atoms with van der Waals surface area (Å²) in [6.45, 7) is 15.5. The number of fused-ring (bicyclic) bond motifs is 1. The first kappa shape index (κ1) is 23.3. The number of pyridine rings is 1. The first-order chi connectivity index (χ1) is 14.5. The summed E-state index contributed by atoms with van der Waals surface area (Å²) in [6, 6.07) is 11.5. The molecule has 0 aliphatic rings. The third-order valence-electron chi connectivity index (χ3n) is 5.93. The van der Waals surface area contributed by atoms with Crippen molar-refractivity contribution < 1.29 is 9.21 Å². The second-order valence-corrected chi connectivity index (χ2v) is 10.2. The number of hydrogen-bond donors (Lipinski definition) is 0. The van der Waals surface area contributed by atoms with Gasteiger partial charge in [0, 0.05) is 34.3 Å². The van der Waals surface area contributed by atoms with Crippen LogP contribution in [0.15, 0.2) is 40.8 Å². The summed E-state index contributed by atoms with van der Waals surface area (Å²) in [7, 11) is 0. The number of amides is 1. The topological polar surface area (TPSA) is 46.3 Å². The fourth-order valence-corrected chi connectivity index (χ4v) is 3.81. The highest BCUT2D eigenvalue weighted by atomic mass is 35.5. The van der Waals surface area contributed by atoms with Gasteiger partial charge in [0.2, 0.25) is 0 Å². The lowest BCUT2D eigenvalue weighted by Crippen LogP contribution is -2.47. The van der Waals surface area contributed by atoms with Gasteiger partial charge in [-0.3, -0.25) is 4.79 Å². The molecule has 0 N–H and O–H groups in total. The monoisotopic (exact) mass is 440 g/mol. The van der Waals surface area contributed by atoms with Gasteiger partial charge in [0.15, 0.2) is 11.3 Å². The Bertz CT molecular complexity index is 1080. The van der Waals surface area contributed by atoms with Crippen LogP contribution in [0.1, 0.15) is 77.4 Å². The average molecular weight is 441 g/mol. The van der Waals surface area contributed by atoms with E-state index in [0.29, 0.717) is 28.4 Å². The zero-order chi connectivity index (χ0) is 23.0. The van der Waals surface area contributed by atoms with E-state index in [1.165, 1.54) is 0 Å². The Morgan fingerprint density at radius 1 is 1.06 bits per heavy atom. The number of aromatic nitrogens is 1. The van der Waals surface area contributed by atoms with Crippen molar-refractivity contribution in [3.05, 3.63) is 52.7 Å². The maximum atomic E-state index is 13.5. The Morgan fingerprint density at radius 2 is 1.71 bits per heavy atom. The van der Waals surface area contributed by atoms with Crippen molar-refractivity contribution in [2.45, 2.75) is 72.3 Å². The van der Waals surface area contributed by atoms with Gasteiger partial charge in [0.1, 0.15) is 5.52 Å². The van der Waals surface area contributed by atoms with Gasteiger partial charge in [0.05, 0.1) is 5.69 Å². The molecule has 3 aromatic rings. The SMILES string of the molecule is CCCN(C(=O)c1cc2nc(-c3ccc(Cl)cc3)cc(C(C)(C)C)c2o1)C(C)(C)CC. The Balaban J connectivity index is 2.16. The number of halogens is 1. The molecule has 31 heavy (non-hydrogen) atoms. The minimum atomic E-state index is -0.249. The van der Waals surface area contributed by atoms with Gasteiger partial charge >= 0.3 is 0 Å². The number of rotatable bonds is 6. The highest BCUT2D eigenvalue weighted by Crippen LogP contribution is 2.35. The van der Waals surface area contributed by atoms with Crippen molar-refractivity contribution >= 4 is 28.6 Å². The second-order valence-electron chi connectivity index (χ2n) is 9.76. The van der Waals surface area contributed by atoms with Crippen LogP contribution in [0.3, 0.4) is 0 Å². The molecule has 5 heteroatoms. The van der Waals surface area contributed by atoms with Crippen molar-refractivity contribution in [1.82, 2.24) is 9.88 Å². The van der Waals surface area contributed by atoms with Crippen molar-refractivity contribution in [2.24, 2.45) is 0 Å². The molecule has 0 radical (unpaired) electrons. The molecule has 0 saturated heterocycles. The number of furan rings is 1. The predicted octanol–water partition coefficient (Wildman–Crippen LogP) is 7.49. The van der Waals surface area contributed by atoms with Crippen LogP contribution < -0.4 is 0 Å². The number of carbonyl (C=O) groups is 1. The highest BCUT2D eigenvalue weighted by Gasteiger charge is 2.32. The quantitative estimate of drug-likeness (QED) is 0.399. The minimum Gasteiger partial charge on any atom is -0.449 e. The van der Waals surface area contributed by atoms with E-state index in [4.69, 9.17) is 21.0 Å². The number of nitrogens with zero attached hydrogens (tertiary/aromatic N) is 2. The van der Waals surface area contributed by atoms with Gasteiger partial charge in [-0.1, -0.05) is 58.4 Å². The molecule has 166 valence electrons. The zero-order valence-electron chi connectivity index (χ0n) is 19.7. The van der Waals surface area contributed by atoms with Crippen LogP contribution in [-0.2, 0) is 5.41 Å². The molecule has 2 heterocycles.